The van der Waals surface area contributed by atoms with Gasteiger partial charge < -0.3 is 19.9 Å². The molecule has 2 aliphatic heterocycles. The molecular weight excluding hydrogens is 368 g/mol. The Morgan fingerprint density at radius 1 is 0.931 bits per heavy atom. The first-order valence-corrected chi connectivity index (χ1v) is 9.86. The first kappa shape index (κ1) is 19.3. The molecule has 1 N–H and O–H groups in total. The van der Waals surface area contributed by atoms with Gasteiger partial charge in [-0.1, -0.05) is 0 Å². The maximum Gasteiger partial charge on any atom is 0.256 e. The molecule has 7 heteroatoms. The van der Waals surface area contributed by atoms with E-state index in [2.05, 4.69) is 10.2 Å². The number of ether oxygens (including phenoxy) is 1. The smallest absolute Gasteiger partial charge is 0.256 e. The van der Waals surface area contributed by atoms with Crippen LogP contribution < -0.4 is 20.0 Å². The molecule has 4 rings (SSSR count). The van der Waals surface area contributed by atoms with E-state index in [1.165, 1.54) is 4.90 Å². The minimum atomic E-state index is -0.551. The molecule has 2 saturated heterocycles. The summed E-state index contributed by atoms with van der Waals surface area (Å²) in [5.74, 6) is -0.403. The third-order valence-corrected chi connectivity index (χ3v) is 5.36. The fourth-order valence-corrected chi connectivity index (χ4v) is 3.71. The molecule has 29 heavy (non-hydrogen) atoms. The van der Waals surface area contributed by atoms with E-state index in [0.717, 1.165) is 43.4 Å². The Labute approximate surface area is 170 Å². The van der Waals surface area contributed by atoms with Gasteiger partial charge in [0.25, 0.3) is 5.91 Å². The molecule has 152 valence electrons. The summed E-state index contributed by atoms with van der Waals surface area (Å²) in [6.45, 7) is 3.24. The topological polar surface area (TPSA) is 65.1 Å². The lowest BCUT2D eigenvalue weighted by atomic mass is 10.2. The van der Waals surface area contributed by atoms with Crippen molar-refractivity contribution >= 4 is 34.6 Å². The van der Waals surface area contributed by atoms with Gasteiger partial charge in [-0.25, -0.2) is 4.90 Å². The van der Waals surface area contributed by atoms with Gasteiger partial charge in [0.05, 0.1) is 25.3 Å². The highest BCUT2D eigenvalue weighted by molar-refractivity contribution is 6.23. The Bertz CT molecular complexity index is 874. The second kappa shape index (κ2) is 8.13. The quantitative estimate of drug-likeness (QED) is 0.786. The predicted octanol–water partition coefficient (Wildman–Crippen LogP) is 2.33. The van der Waals surface area contributed by atoms with Crippen LogP contribution in [0.25, 0.3) is 0 Å². The Morgan fingerprint density at radius 2 is 1.55 bits per heavy atom. The highest BCUT2D eigenvalue weighted by atomic mass is 16.5. The van der Waals surface area contributed by atoms with E-state index in [9.17, 15) is 9.59 Å². The van der Waals surface area contributed by atoms with E-state index in [0.29, 0.717) is 5.69 Å². The summed E-state index contributed by atoms with van der Waals surface area (Å²) in [5.41, 5.74) is 3.59. The largest absolute Gasteiger partial charge is 0.378 e. The van der Waals surface area contributed by atoms with Crippen LogP contribution in [0.5, 0.6) is 0 Å². The highest BCUT2D eigenvalue weighted by Crippen LogP contribution is 2.27. The molecule has 0 aliphatic carbocycles. The average Bonchev–Trinajstić information content (AvgIpc) is 3.02. The minimum Gasteiger partial charge on any atom is -0.378 e. The molecule has 1 atom stereocenters. The van der Waals surface area contributed by atoms with Crippen molar-refractivity contribution in [1.29, 1.82) is 0 Å². The van der Waals surface area contributed by atoms with Gasteiger partial charge in [0.2, 0.25) is 5.91 Å². The average molecular weight is 394 g/mol. The van der Waals surface area contributed by atoms with Crippen molar-refractivity contribution in [1.82, 2.24) is 0 Å². The predicted molar refractivity (Wildman–Crippen MR) is 115 cm³/mol. The van der Waals surface area contributed by atoms with E-state index in [1.807, 2.05) is 67.5 Å². The van der Waals surface area contributed by atoms with E-state index in [1.54, 1.807) is 0 Å². The van der Waals surface area contributed by atoms with Crippen molar-refractivity contribution in [2.45, 2.75) is 12.5 Å². The van der Waals surface area contributed by atoms with E-state index >= 15 is 0 Å². The van der Waals surface area contributed by atoms with E-state index in [4.69, 9.17) is 4.74 Å². The van der Waals surface area contributed by atoms with Gasteiger partial charge in [-0.15, -0.1) is 0 Å². The molecule has 2 aromatic carbocycles. The molecule has 0 saturated carbocycles. The molecule has 2 aromatic rings. The van der Waals surface area contributed by atoms with Gasteiger partial charge in [0.1, 0.15) is 6.04 Å². The second-order valence-electron chi connectivity index (χ2n) is 7.53. The summed E-state index contributed by atoms with van der Waals surface area (Å²) in [6, 6.07) is 14.9. The van der Waals surface area contributed by atoms with Gasteiger partial charge >= 0.3 is 0 Å². The summed E-state index contributed by atoms with van der Waals surface area (Å²) < 4.78 is 5.39. The van der Waals surface area contributed by atoms with Gasteiger partial charge in [0, 0.05) is 44.2 Å². The van der Waals surface area contributed by atoms with Crippen LogP contribution in [0.15, 0.2) is 48.5 Å². The summed E-state index contributed by atoms with van der Waals surface area (Å²) in [5, 5.41) is 3.22. The van der Waals surface area contributed by atoms with Crippen molar-refractivity contribution < 1.29 is 14.3 Å². The van der Waals surface area contributed by atoms with Crippen LogP contribution in [-0.2, 0) is 14.3 Å². The highest BCUT2D eigenvalue weighted by Gasteiger charge is 2.39. The first-order valence-electron chi connectivity index (χ1n) is 9.86. The Kier molecular flexibility index (Phi) is 5.40. The van der Waals surface area contributed by atoms with Gasteiger partial charge in [-0.2, -0.15) is 0 Å². The molecule has 0 spiro atoms. The normalized spacial score (nSPS) is 19.6. The van der Waals surface area contributed by atoms with Gasteiger partial charge in [-0.05, 0) is 48.5 Å². The monoisotopic (exact) mass is 394 g/mol. The van der Waals surface area contributed by atoms with Crippen LogP contribution in [-0.4, -0.2) is 58.3 Å². The lowest BCUT2D eigenvalue weighted by molar-refractivity contribution is -0.121. The number of amides is 2. The van der Waals surface area contributed by atoms with Crippen LogP contribution in [0, 0.1) is 0 Å². The lowest BCUT2D eigenvalue weighted by Crippen LogP contribution is -2.36. The van der Waals surface area contributed by atoms with Gasteiger partial charge in [-0.3, -0.25) is 9.59 Å². The molecular formula is C22H26N4O3. The van der Waals surface area contributed by atoms with Crippen LogP contribution >= 0.6 is 0 Å². The number of carbonyl (C=O) groups excluding carboxylic acids is 2. The van der Waals surface area contributed by atoms with Crippen molar-refractivity contribution in [3.8, 4) is 0 Å². The standard InChI is InChI=1S/C22H26N4O3/c1-24(2)17-7-9-19(10-8-17)26-21(27)15-20(22(26)28)23-16-3-5-18(6-4-16)25-11-13-29-14-12-25/h3-10,20,23H,11-15H2,1-2H3/t20-/m0/s1. The molecule has 0 aromatic heterocycles. The summed E-state index contributed by atoms with van der Waals surface area (Å²) in [6.07, 6.45) is 0.152. The zero-order chi connectivity index (χ0) is 20.4. The van der Waals surface area contributed by atoms with Crippen molar-refractivity contribution in [2.24, 2.45) is 0 Å². The SMILES string of the molecule is CN(C)c1ccc(N2C(=O)C[C@H](Nc3ccc(N4CCOCC4)cc3)C2=O)cc1. The first-order chi connectivity index (χ1) is 14.0. The number of morpholine rings is 1. The van der Waals surface area contributed by atoms with E-state index in [-0.39, 0.29) is 18.2 Å². The number of nitrogens with zero attached hydrogens (tertiary/aromatic N) is 3. The van der Waals surface area contributed by atoms with Crippen LogP contribution in [0.3, 0.4) is 0 Å². The van der Waals surface area contributed by atoms with Crippen molar-refractivity contribution in [3.63, 3.8) is 0 Å². The lowest BCUT2D eigenvalue weighted by Gasteiger charge is -2.29. The molecule has 0 radical (unpaired) electrons. The molecule has 2 aliphatic rings. The number of hydrogen-bond donors (Lipinski definition) is 1. The molecule has 0 bridgehead atoms. The van der Waals surface area contributed by atoms with Crippen LogP contribution in [0.4, 0.5) is 22.7 Å². The van der Waals surface area contributed by atoms with Gasteiger partial charge in [0.15, 0.2) is 0 Å². The number of imide groups is 1. The van der Waals surface area contributed by atoms with Crippen molar-refractivity contribution in [2.75, 3.05) is 60.4 Å². The van der Waals surface area contributed by atoms with Crippen LogP contribution in [0.2, 0.25) is 0 Å². The summed E-state index contributed by atoms with van der Waals surface area (Å²) in [4.78, 5) is 30.9. The minimum absolute atomic E-state index is 0.152. The summed E-state index contributed by atoms with van der Waals surface area (Å²) in [7, 11) is 3.90. The zero-order valence-electron chi connectivity index (χ0n) is 16.8. The molecule has 2 fully saturated rings. The zero-order valence-corrected chi connectivity index (χ0v) is 16.8. The Morgan fingerprint density at radius 3 is 2.17 bits per heavy atom. The van der Waals surface area contributed by atoms with Crippen molar-refractivity contribution in [3.05, 3.63) is 48.5 Å². The fourth-order valence-electron chi connectivity index (χ4n) is 3.71. The Hall–Kier alpha value is -3.06. The van der Waals surface area contributed by atoms with E-state index < -0.39 is 6.04 Å². The summed E-state index contributed by atoms with van der Waals surface area (Å²) >= 11 is 0. The number of benzene rings is 2. The third-order valence-electron chi connectivity index (χ3n) is 5.36. The number of rotatable bonds is 5. The number of hydrogen-bond acceptors (Lipinski definition) is 6. The molecule has 0 unspecified atom stereocenters. The maximum atomic E-state index is 12.9. The molecule has 2 amide bonds. The fraction of sp³-hybridized carbons (Fsp3) is 0.364. The molecule has 2 heterocycles. The second-order valence-corrected chi connectivity index (χ2v) is 7.53. The number of nitrogens with one attached hydrogen (secondary N) is 1. The Balaban J connectivity index is 1.43. The number of carbonyl (C=O) groups is 2. The third kappa shape index (κ3) is 4.05. The van der Waals surface area contributed by atoms with Crippen LogP contribution in [0.1, 0.15) is 6.42 Å². The molecule has 7 nitrogen and oxygen atoms in total. The maximum absolute atomic E-state index is 12.9. The number of anilines is 4.